The zero-order chi connectivity index (χ0) is 13.1. The van der Waals surface area contributed by atoms with Crippen molar-refractivity contribution in [1.29, 1.82) is 0 Å². The molecule has 1 saturated carbocycles. The molecule has 0 aromatic carbocycles. The Labute approximate surface area is 116 Å². The van der Waals surface area contributed by atoms with E-state index in [1.807, 2.05) is 18.3 Å². The van der Waals surface area contributed by atoms with Gasteiger partial charge < -0.3 is 5.73 Å². The van der Waals surface area contributed by atoms with E-state index < -0.39 is 0 Å². The van der Waals surface area contributed by atoms with E-state index in [0.717, 1.165) is 17.9 Å². The molecule has 2 aliphatic rings. The van der Waals surface area contributed by atoms with Gasteiger partial charge in [0.05, 0.1) is 11.4 Å². The Kier molecular flexibility index (Phi) is 3.74. The van der Waals surface area contributed by atoms with Gasteiger partial charge in [-0.3, -0.25) is 9.88 Å². The minimum absolute atomic E-state index is 0.685. The van der Waals surface area contributed by atoms with Crippen LogP contribution in [0.3, 0.4) is 0 Å². The van der Waals surface area contributed by atoms with E-state index in [0.29, 0.717) is 5.41 Å². The molecule has 3 nitrogen and oxygen atoms in total. The summed E-state index contributed by atoms with van der Waals surface area (Å²) in [6.45, 7) is 3.36. The van der Waals surface area contributed by atoms with Crippen LogP contribution in [0.2, 0.25) is 0 Å². The maximum atomic E-state index is 5.98. The molecule has 1 spiro atoms. The quantitative estimate of drug-likeness (QED) is 0.886. The molecule has 0 bridgehead atoms. The summed E-state index contributed by atoms with van der Waals surface area (Å²) < 4.78 is 0. The lowest BCUT2D eigenvalue weighted by molar-refractivity contribution is 0.0636. The zero-order valence-electron chi connectivity index (χ0n) is 11.8. The Balaban J connectivity index is 1.57. The van der Waals surface area contributed by atoms with Crippen LogP contribution in [-0.4, -0.2) is 23.0 Å². The summed E-state index contributed by atoms with van der Waals surface area (Å²) in [5, 5.41) is 0. The van der Waals surface area contributed by atoms with Crippen molar-refractivity contribution in [3.05, 3.63) is 24.0 Å². The van der Waals surface area contributed by atoms with Gasteiger partial charge in [0.1, 0.15) is 0 Å². The van der Waals surface area contributed by atoms with Crippen LogP contribution in [0.1, 0.15) is 50.6 Å². The zero-order valence-corrected chi connectivity index (χ0v) is 11.8. The Bertz CT molecular complexity index is 414. The number of nitrogens with two attached hydrogens (primary N) is 1. The van der Waals surface area contributed by atoms with Gasteiger partial charge in [0.2, 0.25) is 0 Å². The number of hydrogen-bond acceptors (Lipinski definition) is 3. The van der Waals surface area contributed by atoms with Crippen molar-refractivity contribution >= 4 is 5.69 Å². The first-order chi connectivity index (χ1) is 9.27. The molecule has 1 aliphatic heterocycles. The van der Waals surface area contributed by atoms with Crippen molar-refractivity contribution in [2.45, 2.75) is 51.5 Å². The molecule has 2 fully saturated rings. The fourth-order valence-electron chi connectivity index (χ4n) is 3.78. The van der Waals surface area contributed by atoms with Gasteiger partial charge in [-0.05, 0) is 56.3 Å². The lowest BCUT2D eigenvalue weighted by atomic mass is 9.68. The van der Waals surface area contributed by atoms with Crippen molar-refractivity contribution in [3.8, 4) is 0 Å². The minimum atomic E-state index is 0.685. The first kappa shape index (κ1) is 12.9. The summed E-state index contributed by atoms with van der Waals surface area (Å²) >= 11 is 0. The van der Waals surface area contributed by atoms with Crippen LogP contribution in [-0.2, 0) is 6.54 Å². The summed E-state index contributed by atoms with van der Waals surface area (Å²) in [5.41, 5.74) is 8.55. The minimum Gasteiger partial charge on any atom is -0.397 e. The largest absolute Gasteiger partial charge is 0.397 e. The van der Waals surface area contributed by atoms with Gasteiger partial charge in [-0.1, -0.05) is 19.3 Å². The summed E-state index contributed by atoms with van der Waals surface area (Å²) in [6.07, 6.45) is 11.9. The molecule has 3 rings (SSSR count). The van der Waals surface area contributed by atoms with E-state index in [-0.39, 0.29) is 0 Å². The number of piperidine rings is 1. The van der Waals surface area contributed by atoms with E-state index in [1.54, 1.807) is 0 Å². The number of anilines is 1. The van der Waals surface area contributed by atoms with Crippen LogP contribution in [0.25, 0.3) is 0 Å². The molecule has 2 heterocycles. The highest BCUT2D eigenvalue weighted by molar-refractivity contribution is 5.41. The third-order valence-corrected chi connectivity index (χ3v) is 5.13. The van der Waals surface area contributed by atoms with Crippen LogP contribution in [0.15, 0.2) is 18.3 Å². The van der Waals surface area contributed by atoms with E-state index in [9.17, 15) is 0 Å². The van der Waals surface area contributed by atoms with Crippen molar-refractivity contribution < 1.29 is 0 Å². The summed E-state index contributed by atoms with van der Waals surface area (Å²) in [4.78, 5) is 6.94. The van der Waals surface area contributed by atoms with E-state index in [2.05, 4.69) is 9.88 Å². The SMILES string of the molecule is Nc1cccnc1CN1CCC2(CCCCC2)CC1. The fraction of sp³-hybridized carbons (Fsp3) is 0.688. The molecule has 2 N–H and O–H groups in total. The smallest absolute Gasteiger partial charge is 0.0772 e. The molecule has 1 aromatic heterocycles. The first-order valence-corrected chi connectivity index (χ1v) is 7.69. The third kappa shape index (κ3) is 2.92. The summed E-state index contributed by atoms with van der Waals surface area (Å²) in [7, 11) is 0. The Hall–Kier alpha value is -1.09. The van der Waals surface area contributed by atoms with Crippen molar-refractivity contribution in [2.75, 3.05) is 18.8 Å². The predicted octanol–water partition coefficient (Wildman–Crippen LogP) is 3.21. The number of likely N-dealkylation sites (tertiary alicyclic amines) is 1. The van der Waals surface area contributed by atoms with Crippen LogP contribution in [0.5, 0.6) is 0 Å². The van der Waals surface area contributed by atoms with Gasteiger partial charge in [-0.25, -0.2) is 0 Å². The van der Waals surface area contributed by atoms with Crippen LogP contribution >= 0.6 is 0 Å². The van der Waals surface area contributed by atoms with Crippen molar-refractivity contribution in [3.63, 3.8) is 0 Å². The number of nitrogen functional groups attached to an aromatic ring is 1. The molecule has 0 atom stereocenters. The molecule has 0 amide bonds. The standard InChI is InChI=1S/C16H25N3/c17-14-5-4-10-18-15(14)13-19-11-8-16(9-12-19)6-2-1-3-7-16/h4-5,10H,1-3,6-9,11-13,17H2. The number of hydrogen-bond donors (Lipinski definition) is 1. The number of rotatable bonds is 2. The molecular formula is C16H25N3. The molecule has 1 aromatic rings. The number of aromatic nitrogens is 1. The van der Waals surface area contributed by atoms with E-state index in [1.165, 1.54) is 58.0 Å². The normalized spacial score (nSPS) is 23.6. The second-order valence-corrected chi connectivity index (χ2v) is 6.38. The predicted molar refractivity (Wildman–Crippen MR) is 78.7 cm³/mol. The maximum absolute atomic E-state index is 5.98. The maximum Gasteiger partial charge on any atom is 0.0772 e. The average molecular weight is 259 g/mol. The Morgan fingerprint density at radius 1 is 1.11 bits per heavy atom. The molecule has 1 saturated heterocycles. The highest BCUT2D eigenvalue weighted by atomic mass is 15.1. The highest BCUT2D eigenvalue weighted by Crippen LogP contribution is 2.44. The van der Waals surface area contributed by atoms with Crippen LogP contribution < -0.4 is 5.73 Å². The van der Waals surface area contributed by atoms with Crippen molar-refractivity contribution in [2.24, 2.45) is 5.41 Å². The van der Waals surface area contributed by atoms with Gasteiger partial charge in [-0.2, -0.15) is 0 Å². The first-order valence-electron chi connectivity index (χ1n) is 7.69. The Morgan fingerprint density at radius 2 is 1.84 bits per heavy atom. The Morgan fingerprint density at radius 3 is 2.53 bits per heavy atom. The van der Waals surface area contributed by atoms with Gasteiger partial charge in [0.25, 0.3) is 0 Å². The van der Waals surface area contributed by atoms with E-state index >= 15 is 0 Å². The number of nitrogens with zero attached hydrogens (tertiary/aromatic N) is 2. The highest BCUT2D eigenvalue weighted by Gasteiger charge is 2.35. The monoisotopic (exact) mass is 259 g/mol. The fourth-order valence-corrected chi connectivity index (χ4v) is 3.78. The second-order valence-electron chi connectivity index (χ2n) is 6.38. The van der Waals surface area contributed by atoms with Gasteiger partial charge in [0, 0.05) is 12.7 Å². The second kappa shape index (κ2) is 5.49. The summed E-state index contributed by atoms with van der Waals surface area (Å²) in [6, 6.07) is 3.86. The van der Waals surface area contributed by atoms with Crippen LogP contribution in [0.4, 0.5) is 5.69 Å². The third-order valence-electron chi connectivity index (χ3n) is 5.13. The lowest BCUT2D eigenvalue weighted by Crippen LogP contribution is -2.40. The molecule has 0 radical (unpaired) electrons. The van der Waals surface area contributed by atoms with Gasteiger partial charge in [-0.15, -0.1) is 0 Å². The van der Waals surface area contributed by atoms with E-state index in [4.69, 9.17) is 5.73 Å². The van der Waals surface area contributed by atoms with Gasteiger partial charge in [0.15, 0.2) is 0 Å². The molecule has 19 heavy (non-hydrogen) atoms. The summed E-state index contributed by atoms with van der Waals surface area (Å²) in [5.74, 6) is 0. The molecule has 0 unspecified atom stereocenters. The van der Waals surface area contributed by atoms with Crippen LogP contribution in [0, 0.1) is 5.41 Å². The molecule has 3 heteroatoms. The molecule has 1 aliphatic carbocycles. The average Bonchev–Trinajstić information content (AvgIpc) is 2.45. The lowest BCUT2D eigenvalue weighted by Gasteiger charge is -2.44. The number of pyridine rings is 1. The van der Waals surface area contributed by atoms with Crippen molar-refractivity contribution in [1.82, 2.24) is 9.88 Å². The molecular weight excluding hydrogens is 234 g/mol. The topological polar surface area (TPSA) is 42.1 Å². The molecule has 104 valence electrons. The van der Waals surface area contributed by atoms with Gasteiger partial charge >= 0.3 is 0 Å².